The van der Waals surface area contributed by atoms with Crippen LogP contribution in [0, 0.1) is 12.8 Å². The van der Waals surface area contributed by atoms with E-state index in [4.69, 9.17) is 0 Å². The molecule has 0 saturated heterocycles. The first-order valence-corrected chi connectivity index (χ1v) is 7.24. The molecule has 1 aromatic rings. The molecule has 0 aliphatic rings. The number of rotatable bonds is 7. The van der Waals surface area contributed by atoms with Crippen molar-refractivity contribution >= 4 is 16.5 Å². The fourth-order valence-corrected chi connectivity index (χ4v) is 2.70. The highest BCUT2D eigenvalue weighted by molar-refractivity contribution is 7.15. The fraction of sp³-hybridized carbons (Fsp3) is 0.769. The van der Waals surface area contributed by atoms with Gasteiger partial charge < -0.3 is 15.3 Å². The monoisotopic (exact) mass is 271 g/mol. The summed E-state index contributed by atoms with van der Waals surface area (Å²) >= 11 is 1.70. The van der Waals surface area contributed by atoms with Crippen LogP contribution >= 0.6 is 11.3 Å². The molecule has 1 aromatic heterocycles. The van der Waals surface area contributed by atoms with E-state index in [9.17, 15) is 5.11 Å². The Labute approximate surface area is 114 Å². The van der Waals surface area contributed by atoms with Gasteiger partial charge in [-0.3, -0.25) is 0 Å². The van der Waals surface area contributed by atoms with Crippen LogP contribution in [0.15, 0.2) is 0 Å². The maximum atomic E-state index is 9.78. The van der Waals surface area contributed by atoms with Crippen molar-refractivity contribution in [2.75, 3.05) is 25.5 Å². The molecule has 1 unspecified atom stereocenters. The van der Waals surface area contributed by atoms with E-state index in [-0.39, 0.29) is 6.10 Å². The minimum atomic E-state index is -0.258. The van der Waals surface area contributed by atoms with E-state index in [0.29, 0.717) is 12.5 Å². The number of nitrogens with one attached hydrogen (secondary N) is 1. The lowest BCUT2D eigenvalue weighted by atomic mass is 10.1. The Hall–Kier alpha value is -0.650. The van der Waals surface area contributed by atoms with Gasteiger partial charge in [0.05, 0.1) is 11.8 Å². The second-order valence-corrected chi connectivity index (χ2v) is 6.38. The molecule has 0 spiro atoms. The SMILES string of the molecule is Cc1nc(N(C)C)sc1CNCC(O)CC(C)C. The Morgan fingerprint density at radius 1 is 1.39 bits per heavy atom. The molecular formula is C13H25N3OS. The predicted molar refractivity (Wildman–Crippen MR) is 78.3 cm³/mol. The zero-order valence-electron chi connectivity index (χ0n) is 12.0. The second kappa shape index (κ2) is 7.07. The lowest BCUT2D eigenvalue weighted by Crippen LogP contribution is -2.27. The number of aromatic nitrogens is 1. The molecule has 0 amide bonds. The maximum Gasteiger partial charge on any atom is 0.185 e. The van der Waals surface area contributed by atoms with Crippen LogP contribution in [0.25, 0.3) is 0 Å². The van der Waals surface area contributed by atoms with Crippen LogP contribution in [0.1, 0.15) is 30.8 Å². The van der Waals surface area contributed by atoms with Crippen molar-refractivity contribution in [1.82, 2.24) is 10.3 Å². The van der Waals surface area contributed by atoms with E-state index in [0.717, 1.165) is 23.8 Å². The number of anilines is 1. The van der Waals surface area contributed by atoms with E-state index >= 15 is 0 Å². The molecular weight excluding hydrogens is 246 g/mol. The number of aryl methyl sites for hydroxylation is 1. The van der Waals surface area contributed by atoms with Crippen LogP contribution in [0.3, 0.4) is 0 Å². The van der Waals surface area contributed by atoms with Gasteiger partial charge in [0.1, 0.15) is 0 Å². The van der Waals surface area contributed by atoms with Gasteiger partial charge in [-0.1, -0.05) is 13.8 Å². The van der Waals surface area contributed by atoms with Crippen molar-refractivity contribution in [3.63, 3.8) is 0 Å². The lowest BCUT2D eigenvalue weighted by molar-refractivity contribution is 0.146. The molecule has 4 nitrogen and oxygen atoms in total. The van der Waals surface area contributed by atoms with Crippen LogP contribution in [0.5, 0.6) is 0 Å². The molecule has 0 aliphatic heterocycles. The molecule has 1 rings (SSSR count). The van der Waals surface area contributed by atoms with Crippen molar-refractivity contribution in [1.29, 1.82) is 0 Å². The van der Waals surface area contributed by atoms with Gasteiger partial charge in [0.15, 0.2) is 5.13 Å². The largest absolute Gasteiger partial charge is 0.392 e. The summed E-state index contributed by atoms with van der Waals surface area (Å²) in [6, 6.07) is 0. The smallest absolute Gasteiger partial charge is 0.185 e. The molecule has 0 saturated carbocycles. The summed E-state index contributed by atoms with van der Waals surface area (Å²) in [5.41, 5.74) is 1.08. The van der Waals surface area contributed by atoms with Crippen LogP contribution < -0.4 is 10.2 Å². The predicted octanol–water partition coefficient (Wildman–Crippen LogP) is 2.01. The highest BCUT2D eigenvalue weighted by Gasteiger charge is 2.10. The lowest BCUT2D eigenvalue weighted by Gasteiger charge is -2.13. The Balaban J connectivity index is 2.39. The fourth-order valence-electron chi connectivity index (χ4n) is 1.75. The summed E-state index contributed by atoms with van der Waals surface area (Å²) in [7, 11) is 4.00. The number of nitrogens with zero attached hydrogens (tertiary/aromatic N) is 2. The Bertz CT molecular complexity index is 363. The van der Waals surface area contributed by atoms with Crippen LogP contribution in [0.2, 0.25) is 0 Å². The number of aliphatic hydroxyl groups is 1. The Morgan fingerprint density at radius 3 is 2.56 bits per heavy atom. The summed E-state index contributed by atoms with van der Waals surface area (Å²) in [6.07, 6.45) is 0.587. The van der Waals surface area contributed by atoms with Gasteiger partial charge in [-0.15, -0.1) is 11.3 Å². The van der Waals surface area contributed by atoms with E-state index in [1.807, 2.05) is 25.9 Å². The topological polar surface area (TPSA) is 48.4 Å². The third-order valence-corrected chi connectivity index (χ3v) is 4.00. The average Bonchev–Trinajstić information content (AvgIpc) is 2.59. The molecule has 0 fully saturated rings. The quantitative estimate of drug-likeness (QED) is 0.796. The zero-order chi connectivity index (χ0) is 13.7. The Morgan fingerprint density at radius 2 is 2.06 bits per heavy atom. The van der Waals surface area contributed by atoms with Gasteiger partial charge in [0.25, 0.3) is 0 Å². The van der Waals surface area contributed by atoms with E-state index in [1.165, 1.54) is 4.88 Å². The second-order valence-electron chi connectivity index (χ2n) is 5.31. The van der Waals surface area contributed by atoms with Gasteiger partial charge in [0, 0.05) is 32.1 Å². The van der Waals surface area contributed by atoms with E-state index in [2.05, 4.69) is 24.1 Å². The van der Waals surface area contributed by atoms with Gasteiger partial charge in [-0.25, -0.2) is 4.98 Å². The molecule has 18 heavy (non-hydrogen) atoms. The van der Waals surface area contributed by atoms with Crippen molar-refractivity contribution < 1.29 is 5.11 Å². The first-order valence-electron chi connectivity index (χ1n) is 6.42. The minimum absolute atomic E-state index is 0.258. The number of thiazole rings is 1. The number of hydrogen-bond donors (Lipinski definition) is 2. The van der Waals surface area contributed by atoms with E-state index in [1.54, 1.807) is 11.3 Å². The maximum absolute atomic E-state index is 9.78. The average molecular weight is 271 g/mol. The third kappa shape index (κ3) is 4.92. The summed E-state index contributed by atoms with van der Waals surface area (Å²) in [4.78, 5) is 7.77. The third-order valence-electron chi connectivity index (χ3n) is 2.67. The first kappa shape index (κ1) is 15.4. The summed E-state index contributed by atoms with van der Waals surface area (Å²) in [6.45, 7) is 7.71. The van der Waals surface area contributed by atoms with Crippen molar-refractivity contribution in [3.8, 4) is 0 Å². The summed E-state index contributed by atoms with van der Waals surface area (Å²) in [5, 5.41) is 14.1. The van der Waals surface area contributed by atoms with Crippen molar-refractivity contribution in [2.45, 2.75) is 39.8 Å². The molecule has 1 heterocycles. The van der Waals surface area contributed by atoms with Gasteiger partial charge in [0.2, 0.25) is 0 Å². The van der Waals surface area contributed by atoms with Gasteiger partial charge in [-0.2, -0.15) is 0 Å². The van der Waals surface area contributed by atoms with E-state index < -0.39 is 0 Å². The first-order chi connectivity index (χ1) is 8.40. The van der Waals surface area contributed by atoms with Crippen LogP contribution in [0.4, 0.5) is 5.13 Å². The molecule has 5 heteroatoms. The zero-order valence-corrected chi connectivity index (χ0v) is 12.8. The van der Waals surface area contributed by atoms with Crippen LogP contribution in [-0.4, -0.2) is 36.8 Å². The number of aliphatic hydroxyl groups excluding tert-OH is 1. The van der Waals surface area contributed by atoms with Crippen molar-refractivity contribution in [3.05, 3.63) is 10.6 Å². The molecule has 0 aliphatic carbocycles. The number of hydrogen-bond acceptors (Lipinski definition) is 5. The highest BCUT2D eigenvalue weighted by atomic mass is 32.1. The van der Waals surface area contributed by atoms with Crippen LogP contribution in [-0.2, 0) is 6.54 Å². The van der Waals surface area contributed by atoms with Gasteiger partial charge in [-0.05, 0) is 19.3 Å². The van der Waals surface area contributed by atoms with Gasteiger partial charge >= 0.3 is 0 Å². The molecule has 1 atom stereocenters. The molecule has 0 aromatic carbocycles. The summed E-state index contributed by atoms with van der Waals surface area (Å²) in [5.74, 6) is 0.535. The molecule has 0 radical (unpaired) electrons. The molecule has 104 valence electrons. The molecule has 0 bridgehead atoms. The standard InChI is InChI=1S/C13H25N3OS/c1-9(2)6-11(17)7-14-8-12-10(3)15-13(18-12)16(4)5/h9,11,14,17H,6-8H2,1-5H3. The highest BCUT2D eigenvalue weighted by Crippen LogP contribution is 2.24. The molecule has 2 N–H and O–H groups in total. The van der Waals surface area contributed by atoms with Crippen molar-refractivity contribution in [2.24, 2.45) is 5.92 Å². The summed E-state index contributed by atoms with van der Waals surface area (Å²) < 4.78 is 0. The Kier molecular flexibility index (Phi) is 6.05. The normalized spacial score (nSPS) is 13.1. The minimum Gasteiger partial charge on any atom is -0.392 e.